The molecule has 1 fully saturated rings. The van der Waals surface area contributed by atoms with Crippen molar-refractivity contribution in [1.29, 1.82) is 0 Å². The van der Waals surface area contributed by atoms with Gasteiger partial charge in [0, 0.05) is 5.56 Å². The molecule has 19 heavy (non-hydrogen) atoms. The molecule has 0 unspecified atom stereocenters. The number of nitrogens with zero attached hydrogens (tertiary/aromatic N) is 4. The Morgan fingerprint density at radius 1 is 1.32 bits per heavy atom. The second-order valence-electron chi connectivity index (χ2n) is 4.17. The summed E-state index contributed by atoms with van der Waals surface area (Å²) in [5.41, 5.74) is -0.0406. The Morgan fingerprint density at radius 2 is 2.00 bits per heavy atom. The number of rotatable bonds is 4. The molecule has 0 spiro atoms. The zero-order chi connectivity index (χ0) is 13.4. The topological polar surface area (TPSA) is 60.7 Å². The predicted octanol–water partition coefficient (Wildman–Crippen LogP) is 2.25. The van der Waals surface area contributed by atoms with Gasteiger partial charge in [0.15, 0.2) is 0 Å². The van der Waals surface area contributed by atoms with Gasteiger partial charge in [0.1, 0.15) is 17.9 Å². The van der Waals surface area contributed by atoms with Gasteiger partial charge in [-0.25, -0.2) is 13.5 Å². The van der Waals surface area contributed by atoms with Gasteiger partial charge in [-0.2, -0.15) is 0 Å². The molecule has 0 N–H and O–H groups in total. The first-order valence-electron chi connectivity index (χ1n) is 5.59. The van der Waals surface area contributed by atoms with E-state index in [2.05, 4.69) is 15.5 Å². The largest absolute Gasteiger partial charge is 0.298 e. The molecule has 1 aromatic heterocycles. The zero-order valence-electron chi connectivity index (χ0n) is 9.58. The molecule has 0 atom stereocenters. The normalized spacial score (nSPS) is 14.6. The van der Waals surface area contributed by atoms with E-state index in [1.165, 1.54) is 0 Å². The molecule has 1 aliphatic rings. The van der Waals surface area contributed by atoms with Crippen LogP contribution >= 0.6 is 11.8 Å². The Morgan fingerprint density at radius 3 is 2.58 bits per heavy atom. The smallest absolute Gasteiger partial charge is 0.214 e. The molecule has 1 aliphatic carbocycles. The molecule has 98 valence electrons. The van der Waals surface area contributed by atoms with Crippen molar-refractivity contribution in [2.75, 3.05) is 0 Å². The lowest BCUT2D eigenvalue weighted by atomic mass is 10.2. The van der Waals surface area contributed by atoms with Crippen molar-refractivity contribution < 1.29 is 13.6 Å². The minimum atomic E-state index is -0.794. The first kappa shape index (κ1) is 12.2. The lowest BCUT2D eigenvalue weighted by Crippen LogP contribution is -2.00. The Labute approximate surface area is 111 Å². The maximum Gasteiger partial charge on any atom is 0.214 e. The third-order valence-corrected chi connectivity index (χ3v) is 3.75. The van der Waals surface area contributed by atoms with Crippen LogP contribution in [0.4, 0.5) is 8.78 Å². The fourth-order valence-corrected chi connectivity index (χ4v) is 2.49. The van der Waals surface area contributed by atoms with E-state index < -0.39 is 11.6 Å². The lowest BCUT2D eigenvalue weighted by Gasteiger charge is -2.05. The van der Waals surface area contributed by atoms with Crippen LogP contribution in [0.5, 0.6) is 0 Å². The fourth-order valence-electron chi connectivity index (χ4n) is 1.64. The van der Waals surface area contributed by atoms with Crippen molar-refractivity contribution in [2.24, 2.45) is 0 Å². The van der Waals surface area contributed by atoms with Gasteiger partial charge in [-0.1, -0.05) is 0 Å². The molecule has 0 radical (unpaired) electrons. The second kappa shape index (κ2) is 4.69. The predicted molar refractivity (Wildman–Crippen MR) is 62.0 cm³/mol. The summed E-state index contributed by atoms with van der Waals surface area (Å²) >= 11 is 0.823. The molecule has 2 aromatic rings. The molecular weight excluding hydrogens is 274 g/mol. The van der Waals surface area contributed by atoms with Crippen molar-refractivity contribution in [1.82, 2.24) is 20.2 Å². The summed E-state index contributed by atoms with van der Waals surface area (Å²) in [5.74, 6) is -1.59. The minimum Gasteiger partial charge on any atom is -0.298 e. The van der Waals surface area contributed by atoms with Gasteiger partial charge in [0.25, 0.3) is 0 Å². The van der Waals surface area contributed by atoms with E-state index in [9.17, 15) is 13.6 Å². The number of aromatic nitrogens is 4. The van der Waals surface area contributed by atoms with Crippen molar-refractivity contribution in [2.45, 2.75) is 28.9 Å². The molecule has 1 aromatic carbocycles. The molecule has 0 saturated heterocycles. The number of hydrogen-bond acceptors (Lipinski definition) is 5. The Hall–Kier alpha value is -1.83. The molecule has 1 heterocycles. The standard InChI is InChI=1S/C11H8F2N4OS/c12-8-3-6(5-18)4-9(13)10(8)19-11-14-15-16-17(11)7-1-2-7/h3-5,7H,1-2H2. The molecule has 5 nitrogen and oxygen atoms in total. The molecular formula is C11H8F2N4OS. The molecule has 3 rings (SSSR count). The van der Waals surface area contributed by atoms with Gasteiger partial charge in [-0.15, -0.1) is 5.10 Å². The number of tetrazole rings is 1. The van der Waals surface area contributed by atoms with Gasteiger partial charge >= 0.3 is 0 Å². The third kappa shape index (κ3) is 2.35. The highest BCUT2D eigenvalue weighted by atomic mass is 32.2. The van der Waals surface area contributed by atoms with Crippen molar-refractivity contribution >= 4 is 18.0 Å². The summed E-state index contributed by atoms with van der Waals surface area (Å²) in [6.07, 6.45) is 2.33. The quantitative estimate of drug-likeness (QED) is 0.805. The lowest BCUT2D eigenvalue weighted by molar-refractivity contribution is 0.112. The van der Waals surface area contributed by atoms with Crippen LogP contribution in [0.3, 0.4) is 0 Å². The van der Waals surface area contributed by atoms with E-state index in [0.717, 1.165) is 36.7 Å². The second-order valence-corrected chi connectivity index (χ2v) is 5.15. The van der Waals surface area contributed by atoms with Crippen LogP contribution in [0.15, 0.2) is 22.2 Å². The van der Waals surface area contributed by atoms with Gasteiger partial charge in [-0.3, -0.25) is 4.79 Å². The molecule has 0 aliphatic heterocycles. The highest BCUT2D eigenvalue weighted by Gasteiger charge is 2.29. The van der Waals surface area contributed by atoms with Gasteiger partial charge in [0.05, 0.1) is 10.9 Å². The summed E-state index contributed by atoms with van der Waals surface area (Å²) in [5, 5.41) is 11.4. The van der Waals surface area contributed by atoms with Crippen LogP contribution in [0.2, 0.25) is 0 Å². The van der Waals surface area contributed by atoms with Crippen molar-refractivity contribution in [3.63, 3.8) is 0 Å². The summed E-state index contributed by atoms with van der Waals surface area (Å²) in [6.45, 7) is 0. The van der Waals surface area contributed by atoms with Crippen LogP contribution in [0.25, 0.3) is 0 Å². The van der Waals surface area contributed by atoms with Crippen LogP contribution in [0, 0.1) is 11.6 Å². The summed E-state index contributed by atoms with van der Waals surface area (Å²) in [7, 11) is 0. The first-order valence-corrected chi connectivity index (χ1v) is 6.40. The third-order valence-electron chi connectivity index (χ3n) is 2.71. The summed E-state index contributed by atoms with van der Waals surface area (Å²) in [6, 6.07) is 2.20. The number of halogens is 2. The number of carbonyl (C=O) groups excluding carboxylic acids is 1. The van der Waals surface area contributed by atoms with Crippen LogP contribution in [-0.4, -0.2) is 26.5 Å². The van der Waals surface area contributed by atoms with E-state index in [4.69, 9.17) is 0 Å². The number of hydrogen-bond donors (Lipinski definition) is 0. The Balaban J connectivity index is 1.94. The molecule has 1 saturated carbocycles. The average Bonchev–Trinajstić information content (AvgIpc) is 3.13. The Bertz CT molecular complexity index is 618. The van der Waals surface area contributed by atoms with E-state index in [-0.39, 0.29) is 16.5 Å². The molecule has 0 amide bonds. The summed E-state index contributed by atoms with van der Waals surface area (Å²) < 4.78 is 29.0. The number of aldehydes is 1. The van der Waals surface area contributed by atoms with Gasteiger partial charge in [0.2, 0.25) is 5.16 Å². The zero-order valence-corrected chi connectivity index (χ0v) is 10.4. The van der Waals surface area contributed by atoms with Crippen molar-refractivity contribution in [3.05, 3.63) is 29.3 Å². The van der Waals surface area contributed by atoms with E-state index >= 15 is 0 Å². The number of benzene rings is 1. The highest BCUT2D eigenvalue weighted by molar-refractivity contribution is 7.99. The fraction of sp³-hybridized carbons (Fsp3) is 0.273. The Kier molecular flexibility index (Phi) is 3.02. The minimum absolute atomic E-state index is 0.0406. The maximum absolute atomic E-state index is 13.7. The monoisotopic (exact) mass is 282 g/mol. The average molecular weight is 282 g/mol. The van der Waals surface area contributed by atoms with Crippen molar-refractivity contribution in [3.8, 4) is 0 Å². The first-order chi connectivity index (χ1) is 9.19. The molecule has 0 bridgehead atoms. The van der Waals surface area contributed by atoms with Gasteiger partial charge < -0.3 is 0 Å². The van der Waals surface area contributed by atoms with Crippen LogP contribution in [0.1, 0.15) is 29.2 Å². The molecule has 8 heteroatoms. The summed E-state index contributed by atoms with van der Waals surface area (Å²) in [4.78, 5) is 10.3. The van der Waals surface area contributed by atoms with Gasteiger partial charge in [-0.05, 0) is 47.2 Å². The van der Waals surface area contributed by atoms with E-state index in [1.807, 2.05) is 0 Å². The SMILES string of the molecule is O=Cc1cc(F)c(Sc2nnnn2C2CC2)c(F)c1. The van der Waals surface area contributed by atoms with E-state index in [0.29, 0.717) is 11.4 Å². The van der Waals surface area contributed by atoms with E-state index in [1.54, 1.807) is 4.68 Å². The maximum atomic E-state index is 13.7. The van der Waals surface area contributed by atoms with Crippen LogP contribution in [-0.2, 0) is 0 Å². The van der Waals surface area contributed by atoms with Crippen LogP contribution < -0.4 is 0 Å². The number of carbonyl (C=O) groups is 1. The highest BCUT2D eigenvalue weighted by Crippen LogP contribution is 2.39.